The molecule has 0 radical (unpaired) electrons. The molecule has 5 nitrogen and oxygen atoms in total. The highest BCUT2D eigenvalue weighted by atomic mass is 19.4. The molecular formula is C20H20F3N3O2. The van der Waals surface area contributed by atoms with Crippen LogP contribution in [0.1, 0.15) is 18.1 Å². The number of fused-ring (bicyclic) bond motifs is 1. The van der Waals surface area contributed by atoms with E-state index in [0.717, 1.165) is 17.6 Å². The van der Waals surface area contributed by atoms with Gasteiger partial charge in [0.15, 0.2) is 0 Å². The summed E-state index contributed by atoms with van der Waals surface area (Å²) in [6.45, 7) is 2.52. The van der Waals surface area contributed by atoms with Crippen molar-refractivity contribution < 1.29 is 18.0 Å². The Labute approximate surface area is 159 Å². The van der Waals surface area contributed by atoms with Gasteiger partial charge in [-0.1, -0.05) is 24.3 Å². The highest BCUT2D eigenvalue weighted by molar-refractivity contribution is 5.80. The van der Waals surface area contributed by atoms with E-state index in [-0.39, 0.29) is 24.7 Å². The number of amides is 1. The number of carbonyl (C=O) groups excluding carboxylic acids is 1. The van der Waals surface area contributed by atoms with E-state index >= 15 is 0 Å². The van der Waals surface area contributed by atoms with E-state index in [2.05, 4.69) is 5.32 Å². The summed E-state index contributed by atoms with van der Waals surface area (Å²) in [5.41, 5.74) is 1.20. The Balaban J connectivity index is 1.62. The number of hydrogen-bond donors (Lipinski definition) is 1. The molecule has 0 aliphatic rings. The number of halogens is 3. The third kappa shape index (κ3) is 4.11. The summed E-state index contributed by atoms with van der Waals surface area (Å²) in [4.78, 5) is 24.8. The van der Waals surface area contributed by atoms with Gasteiger partial charge in [0.2, 0.25) is 5.91 Å². The number of nitrogens with zero attached hydrogens (tertiary/aromatic N) is 2. The first-order valence-corrected chi connectivity index (χ1v) is 8.92. The summed E-state index contributed by atoms with van der Waals surface area (Å²) >= 11 is 0. The molecule has 0 aliphatic heterocycles. The molecule has 0 unspecified atom stereocenters. The third-order valence-electron chi connectivity index (χ3n) is 4.56. The average molecular weight is 391 g/mol. The van der Waals surface area contributed by atoms with Crippen LogP contribution in [0, 0.1) is 0 Å². The minimum absolute atomic E-state index is 0.112. The van der Waals surface area contributed by atoms with E-state index in [1.807, 2.05) is 19.1 Å². The van der Waals surface area contributed by atoms with Crippen molar-refractivity contribution in [3.05, 3.63) is 70.1 Å². The topological polar surface area (TPSA) is 56.0 Å². The highest BCUT2D eigenvalue weighted by Crippen LogP contribution is 2.29. The molecule has 3 aromatic rings. The van der Waals surface area contributed by atoms with Crippen LogP contribution in [0.5, 0.6) is 0 Å². The van der Waals surface area contributed by atoms with Gasteiger partial charge in [0.25, 0.3) is 0 Å². The summed E-state index contributed by atoms with van der Waals surface area (Å²) in [6, 6.07) is 12.1. The second-order valence-corrected chi connectivity index (χ2v) is 6.40. The number of carbonyl (C=O) groups is 1. The number of nitrogens with one attached hydrogen (secondary N) is 1. The van der Waals surface area contributed by atoms with E-state index in [0.29, 0.717) is 24.0 Å². The number of alkyl halides is 3. The number of aryl methyl sites for hydroxylation is 1. The Hall–Kier alpha value is -3.03. The standard InChI is InChI=1S/C20H20F3N3O2/c1-2-25-16-5-3-4-6-17(16)26(19(25)28)13-18(27)24-12-11-14-7-9-15(10-8-14)20(21,22)23/h3-10H,2,11-13H2,1H3,(H,24,27). The van der Waals surface area contributed by atoms with Gasteiger partial charge >= 0.3 is 11.9 Å². The molecule has 148 valence electrons. The first-order chi connectivity index (χ1) is 13.3. The summed E-state index contributed by atoms with van der Waals surface area (Å²) in [5.74, 6) is -0.326. The van der Waals surface area contributed by atoms with Crippen molar-refractivity contribution in [2.45, 2.75) is 32.6 Å². The predicted molar refractivity (Wildman–Crippen MR) is 100 cm³/mol. The van der Waals surface area contributed by atoms with Gasteiger partial charge in [-0.25, -0.2) is 4.79 Å². The van der Waals surface area contributed by atoms with Crippen LogP contribution in [0.2, 0.25) is 0 Å². The Morgan fingerprint density at radius 3 is 2.18 bits per heavy atom. The Morgan fingerprint density at radius 1 is 1.00 bits per heavy atom. The zero-order valence-electron chi connectivity index (χ0n) is 15.3. The van der Waals surface area contributed by atoms with Crippen LogP contribution in [0.3, 0.4) is 0 Å². The first kappa shape index (κ1) is 19.7. The quantitative estimate of drug-likeness (QED) is 0.702. The van der Waals surface area contributed by atoms with Crippen LogP contribution in [0.15, 0.2) is 53.3 Å². The Kier molecular flexibility index (Phi) is 5.58. The molecule has 3 rings (SSSR count). The Morgan fingerprint density at radius 2 is 1.61 bits per heavy atom. The van der Waals surface area contributed by atoms with E-state index in [9.17, 15) is 22.8 Å². The molecule has 0 saturated heterocycles. The highest BCUT2D eigenvalue weighted by Gasteiger charge is 2.29. The molecule has 28 heavy (non-hydrogen) atoms. The second kappa shape index (κ2) is 7.92. The minimum Gasteiger partial charge on any atom is -0.354 e. The minimum atomic E-state index is -4.36. The van der Waals surface area contributed by atoms with Gasteiger partial charge < -0.3 is 5.32 Å². The fraction of sp³-hybridized carbons (Fsp3) is 0.300. The maximum atomic E-state index is 12.6. The summed E-state index contributed by atoms with van der Waals surface area (Å²) in [5, 5.41) is 2.71. The van der Waals surface area contributed by atoms with Crippen LogP contribution >= 0.6 is 0 Å². The van der Waals surface area contributed by atoms with Crippen LogP contribution in [0.4, 0.5) is 13.2 Å². The van der Waals surface area contributed by atoms with Crippen LogP contribution in [-0.2, 0) is 30.5 Å². The summed E-state index contributed by atoms with van der Waals surface area (Å²) in [6.07, 6.45) is -3.97. The molecule has 8 heteroatoms. The van der Waals surface area contributed by atoms with Gasteiger partial charge in [-0.2, -0.15) is 13.2 Å². The lowest BCUT2D eigenvalue weighted by atomic mass is 10.1. The fourth-order valence-corrected chi connectivity index (χ4v) is 3.14. The average Bonchev–Trinajstić information content (AvgIpc) is 2.93. The molecule has 0 bridgehead atoms. The van der Waals surface area contributed by atoms with Gasteiger partial charge in [0.1, 0.15) is 6.54 Å². The number of benzene rings is 2. The summed E-state index contributed by atoms with van der Waals surface area (Å²) in [7, 11) is 0. The number of para-hydroxylation sites is 2. The molecule has 0 saturated carbocycles. The largest absolute Gasteiger partial charge is 0.416 e. The maximum absolute atomic E-state index is 12.6. The molecular weight excluding hydrogens is 371 g/mol. The zero-order chi connectivity index (χ0) is 20.3. The number of rotatable bonds is 6. The molecule has 1 amide bonds. The van der Waals surface area contributed by atoms with Crippen molar-refractivity contribution in [1.29, 1.82) is 0 Å². The van der Waals surface area contributed by atoms with E-state index in [4.69, 9.17) is 0 Å². The Bertz CT molecular complexity index is 1030. The van der Waals surface area contributed by atoms with Crippen molar-refractivity contribution >= 4 is 16.9 Å². The SMILES string of the molecule is CCn1c(=O)n(CC(=O)NCCc2ccc(C(F)(F)F)cc2)c2ccccc21. The van der Waals surface area contributed by atoms with Crippen molar-refractivity contribution in [3.63, 3.8) is 0 Å². The zero-order valence-corrected chi connectivity index (χ0v) is 15.3. The molecule has 0 aliphatic carbocycles. The van der Waals surface area contributed by atoms with Gasteiger partial charge in [-0.05, 0) is 43.2 Å². The molecule has 0 fully saturated rings. The van der Waals surface area contributed by atoms with Crippen molar-refractivity contribution in [2.75, 3.05) is 6.54 Å². The van der Waals surface area contributed by atoms with E-state index in [1.54, 1.807) is 16.7 Å². The number of aromatic nitrogens is 2. The van der Waals surface area contributed by atoms with Gasteiger partial charge in [-0.15, -0.1) is 0 Å². The molecule has 2 aromatic carbocycles. The van der Waals surface area contributed by atoms with Gasteiger partial charge in [0.05, 0.1) is 16.6 Å². The van der Waals surface area contributed by atoms with Crippen LogP contribution < -0.4 is 11.0 Å². The van der Waals surface area contributed by atoms with Crippen molar-refractivity contribution in [2.24, 2.45) is 0 Å². The maximum Gasteiger partial charge on any atom is 0.416 e. The van der Waals surface area contributed by atoms with Gasteiger partial charge in [-0.3, -0.25) is 13.9 Å². The third-order valence-corrected chi connectivity index (χ3v) is 4.56. The molecule has 0 spiro atoms. The van der Waals surface area contributed by atoms with E-state index in [1.165, 1.54) is 16.7 Å². The first-order valence-electron chi connectivity index (χ1n) is 8.92. The molecule has 0 atom stereocenters. The number of imidazole rings is 1. The van der Waals surface area contributed by atoms with E-state index < -0.39 is 11.7 Å². The number of hydrogen-bond acceptors (Lipinski definition) is 2. The smallest absolute Gasteiger partial charge is 0.354 e. The van der Waals surface area contributed by atoms with Gasteiger partial charge in [0, 0.05) is 13.1 Å². The predicted octanol–water partition coefficient (Wildman–Crippen LogP) is 3.20. The lowest BCUT2D eigenvalue weighted by Crippen LogP contribution is -2.34. The molecule has 1 aromatic heterocycles. The second-order valence-electron chi connectivity index (χ2n) is 6.40. The van der Waals surface area contributed by atoms with Crippen LogP contribution in [-0.4, -0.2) is 21.6 Å². The monoisotopic (exact) mass is 391 g/mol. The lowest BCUT2D eigenvalue weighted by molar-refractivity contribution is -0.137. The lowest BCUT2D eigenvalue weighted by Gasteiger charge is -2.09. The summed E-state index contributed by atoms with van der Waals surface area (Å²) < 4.78 is 40.7. The van der Waals surface area contributed by atoms with Crippen LogP contribution in [0.25, 0.3) is 11.0 Å². The molecule has 1 N–H and O–H groups in total. The molecule has 1 heterocycles. The fourth-order valence-electron chi connectivity index (χ4n) is 3.14. The normalized spacial score (nSPS) is 11.7. The van der Waals surface area contributed by atoms with Crippen molar-refractivity contribution in [3.8, 4) is 0 Å². The van der Waals surface area contributed by atoms with Crippen molar-refractivity contribution in [1.82, 2.24) is 14.5 Å².